The summed E-state index contributed by atoms with van der Waals surface area (Å²) in [6, 6.07) is 4.33. The van der Waals surface area contributed by atoms with Crippen molar-refractivity contribution in [2.24, 2.45) is 5.73 Å². The van der Waals surface area contributed by atoms with Gasteiger partial charge in [-0.1, -0.05) is 0 Å². The largest absolute Gasteiger partial charge is 0.495 e. The minimum Gasteiger partial charge on any atom is -0.495 e. The highest BCUT2D eigenvalue weighted by Gasteiger charge is 2.11. The summed E-state index contributed by atoms with van der Waals surface area (Å²) in [5.74, 6) is -1.83. The van der Waals surface area contributed by atoms with E-state index in [4.69, 9.17) is 15.6 Å². The normalized spacial score (nSPS) is 9.74. The van der Waals surface area contributed by atoms with Crippen LogP contribution in [0.5, 0.6) is 5.75 Å². The first-order chi connectivity index (χ1) is 8.93. The van der Waals surface area contributed by atoms with Crippen molar-refractivity contribution in [3.05, 3.63) is 23.8 Å². The monoisotopic (exact) mass is 266 g/mol. The highest BCUT2D eigenvalue weighted by Crippen LogP contribution is 2.25. The molecule has 0 fully saturated rings. The first-order valence-corrected chi connectivity index (χ1v) is 5.43. The third-order valence-corrected chi connectivity index (χ3v) is 2.32. The molecule has 0 spiro atoms. The lowest BCUT2D eigenvalue weighted by Gasteiger charge is -2.10. The highest BCUT2D eigenvalue weighted by atomic mass is 16.5. The van der Waals surface area contributed by atoms with E-state index < -0.39 is 17.8 Å². The Bertz CT molecular complexity index is 513. The number of benzene rings is 1. The second-order valence-corrected chi connectivity index (χ2v) is 3.72. The van der Waals surface area contributed by atoms with Crippen LogP contribution in [0, 0.1) is 0 Å². The second-order valence-electron chi connectivity index (χ2n) is 3.72. The van der Waals surface area contributed by atoms with Gasteiger partial charge in [0.15, 0.2) is 0 Å². The zero-order valence-electron chi connectivity index (χ0n) is 10.3. The number of hydrogen-bond acceptors (Lipinski definition) is 4. The molecule has 0 aliphatic rings. The van der Waals surface area contributed by atoms with E-state index in [1.54, 1.807) is 0 Å². The SMILES string of the molecule is COc1ccc(C(N)=O)cc1NC(=O)CCC(=O)O. The summed E-state index contributed by atoms with van der Waals surface area (Å²) in [5.41, 5.74) is 5.62. The molecule has 1 aromatic carbocycles. The molecule has 0 aromatic heterocycles. The third-order valence-electron chi connectivity index (χ3n) is 2.32. The molecule has 0 saturated heterocycles. The number of nitrogens with two attached hydrogens (primary N) is 1. The molecule has 2 amide bonds. The molecule has 7 heteroatoms. The molecule has 0 aliphatic heterocycles. The zero-order valence-corrected chi connectivity index (χ0v) is 10.3. The molecule has 0 unspecified atom stereocenters. The number of aliphatic carboxylic acids is 1. The Hall–Kier alpha value is -2.57. The van der Waals surface area contributed by atoms with Gasteiger partial charge in [0.25, 0.3) is 0 Å². The molecule has 7 nitrogen and oxygen atoms in total. The fourth-order valence-corrected chi connectivity index (χ4v) is 1.39. The van der Waals surface area contributed by atoms with Crippen molar-refractivity contribution < 1.29 is 24.2 Å². The summed E-state index contributed by atoms with van der Waals surface area (Å²) in [6.45, 7) is 0. The summed E-state index contributed by atoms with van der Waals surface area (Å²) in [6.07, 6.45) is -0.442. The number of carboxylic acids is 1. The standard InChI is InChI=1S/C12H14N2O5/c1-19-9-3-2-7(12(13)18)6-8(9)14-10(15)4-5-11(16)17/h2-3,6H,4-5H2,1H3,(H2,13,18)(H,14,15)(H,16,17). The van der Waals surface area contributed by atoms with Gasteiger partial charge in [0.2, 0.25) is 11.8 Å². The van der Waals surface area contributed by atoms with Crippen molar-refractivity contribution in [1.29, 1.82) is 0 Å². The van der Waals surface area contributed by atoms with Crippen LogP contribution in [0.15, 0.2) is 18.2 Å². The number of nitrogens with one attached hydrogen (secondary N) is 1. The number of methoxy groups -OCH3 is 1. The van der Waals surface area contributed by atoms with Crippen molar-refractivity contribution in [2.45, 2.75) is 12.8 Å². The van der Waals surface area contributed by atoms with Gasteiger partial charge in [0, 0.05) is 12.0 Å². The highest BCUT2D eigenvalue weighted by molar-refractivity contribution is 5.98. The van der Waals surface area contributed by atoms with Gasteiger partial charge in [-0.3, -0.25) is 14.4 Å². The van der Waals surface area contributed by atoms with Crippen LogP contribution in [0.3, 0.4) is 0 Å². The fourth-order valence-electron chi connectivity index (χ4n) is 1.39. The van der Waals surface area contributed by atoms with Crippen LogP contribution in [0.25, 0.3) is 0 Å². The summed E-state index contributed by atoms with van der Waals surface area (Å²) < 4.78 is 5.02. The van der Waals surface area contributed by atoms with Crippen LogP contribution >= 0.6 is 0 Å². The smallest absolute Gasteiger partial charge is 0.303 e. The number of ether oxygens (including phenoxy) is 1. The number of rotatable bonds is 6. The molecular weight excluding hydrogens is 252 g/mol. The zero-order chi connectivity index (χ0) is 14.4. The first kappa shape index (κ1) is 14.5. The lowest BCUT2D eigenvalue weighted by atomic mass is 10.1. The number of hydrogen-bond donors (Lipinski definition) is 3. The summed E-state index contributed by atoms with van der Waals surface area (Å²) >= 11 is 0. The lowest BCUT2D eigenvalue weighted by molar-refractivity contribution is -0.138. The summed E-state index contributed by atoms with van der Waals surface area (Å²) in [7, 11) is 1.41. The van der Waals surface area contributed by atoms with Crippen LogP contribution in [0.1, 0.15) is 23.2 Å². The molecule has 1 rings (SSSR count). The van der Waals surface area contributed by atoms with E-state index in [-0.39, 0.29) is 24.1 Å². The van der Waals surface area contributed by atoms with Gasteiger partial charge >= 0.3 is 5.97 Å². The van der Waals surface area contributed by atoms with Gasteiger partial charge in [-0.05, 0) is 18.2 Å². The van der Waals surface area contributed by atoms with Crippen LogP contribution in [-0.2, 0) is 9.59 Å². The Morgan fingerprint density at radius 1 is 1.32 bits per heavy atom. The maximum atomic E-state index is 11.5. The van der Waals surface area contributed by atoms with Crippen molar-refractivity contribution >= 4 is 23.5 Å². The van der Waals surface area contributed by atoms with E-state index in [2.05, 4.69) is 5.32 Å². The molecule has 0 saturated carbocycles. The Balaban J connectivity index is 2.85. The second kappa shape index (κ2) is 6.39. The number of carbonyl (C=O) groups excluding carboxylic acids is 2. The predicted octanol–water partition coefficient (Wildman–Crippen LogP) is 0.597. The predicted molar refractivity (Wildman–Crippen MR) is 67.0 cm³/mol. The van der Waals surface area contributed by atoms with E-state index in [1.807, 2.05) is 0 Å². The minimum atomic E-state index is -1.06. The minimum absolute atomic E-state index is 0.167. The maximum Gasteiger partial charge on any atom is 0.303 e. The number of carbonyl (C=O) groups is 3. The molecule has 102 valence electrons. The van der Waals surface area contributed by atoms with Gasteiger partial charge in [0.1, 0.15) is 5.75 Å². The molecule has 0 bridgehead atoms. The summed E-state index contributed by atoms with van der Waals surface area (Å²) in [4.78, 5) is 32.9. The molecule has 4 N–H and O–H groups in total. The third kappa shape index (κ3) is 4.30. The van der Waals surface area contributed by atoms with Crippen LogP contribution in [0.2, 0.25) is 0 Å². The van der Waals surface area contributed by atoms with Crippen molar-refractivity contribution in [3.63, 3.8) is 0 Å². The Morgan fingerprint density at radius 2 is 2.00 bits per heavy atom. The first-order valence-electron chi connectivity index (χ1n) is 5.43. The van der Waals surface area contributed by atoms with Crippen molar-refractivity contribution in [3.8, 4) is 5.75 Å². The number of anilines is 1. The molecule has 0 atom stereocenters. The van der Waals surface area contributed by atoms with Gasteiger partial charge in [-0.25, -0.2) is 0 Å². The Labute approximate surface area is 109 Å². The van der Waals surface area contributed by atoms with Crippen LogP contribution in [-0.4, -0.2) is 30.0 Å². The van der Waals surface area contributed by atoms with Crippen LogP contribution in [0.4, 0.5) is 5.69 Å². The Morgan fingerprint density at radius 3 is 2.53 bits per heavy atom. The molecule has 1 aromatic rings. The Kier molecular flexibility index (Phi) is 4.87. The van der Waals surface area contributed by atoms with Gasteiger partial charge in [-0.15, -0.1) is 0 Å². The average Bonchev–Trinajstić information content (AvgIpc) is 2.36. The summed E-state index contributed by atoms with van der Waals surface area (Å²) in [5, 5.41) is 11.0. The van der Waals surface area contributed by atoms with Crippen LogP contribution < -0.4 is 15.8 Å². The molecular formula is C12H14N2O5. The number of primary amides is 1. The molecule has 19 heavy (non-hydrogen) atoms. The molecule has 0 heterocycles. The van der Waals surface area contributed by atoms with E-state index in [9.17, 15) is 14.4 Å². The van der Waals surface area contributed by atoms with Crippen molar-refractivity contribution in [1.82, 2.24) is 0 Å². The van der Waals surface area contributed by atoms with E-state index in [0.717, 1.165) is 0 Å². The van der Waals surface area contributed by atoms with E-state index >= 15 is 0 Å². The fraction of sp³-hybridized carbons (Fsp3) is 0.250. The maximum absolute atomic E-state index is 11.5. The van der Waals surface area contributed by atoms with E-state index in [0.29, 0.717) is 5.75 Å². The van der Waals surface area contributed by atoms with E-state index in [1.165, 1.54) is 25.3 Å². The van der Waals surface area contributed by atoms with Gasteiger partial charge in [-0.2, -0.15) is 0 Å². The van der Waals surface area contributed by atoms with Gasteiger partial charge < -0.3 is 20.9 Å². The quantitative estimate of drug-likeness (QED) is 0.696. The number of carboxylic acid groups (broad SMARTS) is 1. The molecule has 0 aliphatic carbocycles. The topological polar surface area (TPSA) is 119 Å². The lowest BCUT2D eigenvalue weighted by Crippen LogP contribution is -2.16. The number of amides is 2. The van der Waals surface area contributed by atoms with Gasteiger partial charge in [0.05, 0.1) is 19.2 Å². The van der Waals surface area contributed by atoms with Crippen molar-refractivity contribution in [2.75, 3.05) is 12.4 Å². The average molecular weight is 266 g/mol. The molecule has 0 radical (unpaired) electrons.